The van der Waals surface area contributed by atoms with Crippen LogP contribution in [0.25, 0.3) is 0 Å². The molecule has 2 aliphatic heterocycles. The van der Waals surface area contributed by atoms with Gasteiger partial charge in [-0.3, -0.25) is 4.79 Å². The second kappa shape index (κ2) is 6.92. The van der Waals surface area contributed by atoms with Crippen molar-refractivity contribution in [3.8, 4) is 0 Å². The molecule has 2 aliphatic rings. The van der Waals surface area contributed by atoms with Crippen LogP contribution in [0.1, 0.15) is 28.2 Å². The van der Waals surface area contributed by atoms with Crippen molar-refractivity contribution in [3.63, 3.8) is 0 Å². The second-order valence-corrected chi connectivity index (χ2v) is 7.13. The monoisotopic (exact) mass is 338 g/mol. The molecule has 25 heavy (non-hydrogen) atoms. The normalized spacial score (nSPS) is 19.7. The van der Waals surface area contributed by atoms with Crippen molar-refractivity contribution in [3.05, 3.63) is 53.3 Å². The summed E-state index contributed by atoms with van der Waals surface area (Å²) < 4.78 is 2.07. The highest BCUT2D eigenvalue weighted by Crippen LogP contribution is 2.23. The first kappa shape index (κ1) is 16.2. The first-order valence-electron chi connectivity index (χ1n) is 9.19. The van der Waals surface area contributed by atoms with E-state index in [1.807, 2.05) is 19.2 Å². The number of hydrogen-bond donors (Lipinski definition) is 2. The fourth-order valence-electron chi connectivity index (χ4n) is 4.04. The van der Waals surface area contributed by atoms with Crippen molar-refractivity contribution in [1.82, 2.24) is 15.2 Å². The summed E-state index contributed by atoms with van der Waals surface area (Å²) in [5.41, 5.74) is 4.61. The van der Waals surface area contributed by atoms with Gasteiger partial charge in [-0.05, 0) is 36.1 Å². The van der Waals surface area contributed by atoms with Crippen molar-refractivity contribution in [1.29, 1.82) is 0 Å². The van der Waals surface area contributed by atoms with E-state index in [1.54, 1.807) is 0 Å². The average molecular weight is 338 g/mol. The Balaban J connectivity index is 1.35. The van der Waals surface area contributed by atoms with Crippen LogP contribution in [0.2, 0.25) is 0 Å². The summed E-state index contributed by atoms with van der Waals surface area (Å²) in [5.74, 6) is 0.566. The third-order valence-corrected chi connectivity index (χ3v) is 5.49. The number of aromatic nitrogens is 1. The predicted octanol–water partition coefficient (Wildman–Crippen LogP) is 1.93. The zero-order valence-corrected chi connectivity index (χ0v) is 14.8. The Hall–Kier alpha value is -2.27. The van der Waals surface area contributed by atoms with Crippen LogP contribution in [-0.4, -0.2) is 36.7 Å². The van der Waals surface area contributed by atoms with Crippen LogP contribution in [0, 0.1) is 5.92 Å². The van der Waals surface area contributed by atoms with Gasteiger partial charge in [0.05, 0.1) is 0 Å². The van der Waals surface area contributed by atoms with E-state index in [4.69, 9.17) is 0 Å². The Bertz CT molecular complexity index is 753. The maximum absolute atomic E-state index is 12.6. The Morgan fingerprint density at radius 2 is 2.16 bits per heavy atom. The fourth-order valence-corrected chi connectivity index (χ4v) is 4.04. The zero-order chi connectivity index (χ0) is 17.2. The summed E-state index contributed by atoms with van der Waals surface area (Å²) in [4.78, 5) is 15.0. The molecule has 2 N–H and O–H groups in total. The first-order valence-corrected chi connectivity index (χ1v) is 9.19. The third kappa shape index (κ3) is 3.29. The average Bonchev–Trinajstić information content (AvgIpc) is 3.26. The number of fused-ring (bicyclic) bond motifs is 1. The number of amides is 1. The van der Waals surface area contributed by atoms with Crippen LogP contribution < -0.4 is 15.5 Å². The van der Waals surface area contributed by atoms with Crippen molar-refractivity contribution in [2.45, 2.75) is 19.4 Å². The topological polar surface area (TPSA) is 49.3 Å². The molecule has 0 spiro atoms. The number of nitrogens with one attached hydrogen (secondary N) is 2. The van der Waals surface area contributed by atoms with Crippen LogP contribution in [0.5, 0.6) is 0 Å². The molecule has 1 amide bonds. The van der Waals surface area contributed by atoms with Gasteiger partial charge in [0.25, 0.3) is 5.91 Å². The van der Waals surface area contributed by atoms with Gasteiger partial charge in [-0.2, -0.15) is 0 Å². The van der Waals surface area contributed by atoms with Crippen LogP contribution in [0.4, 0.5) is 5.69 Å². The van der Waals surface area contributed by atoms with E-state index in [0.717, 1.165) is 51.3 Å². The van der Waals surface area contributed by atoms with E-state index in [-0.39, 0.29) is 5.91 Å². The van der Waals surface area contributed by atoms with Gasteiger partial charge in [0.15, 0.2) is 0 Å². The lowest BCUT2D eigenvalue weighted by atomic mass is 10.1. The van der Waals surface area contributed by atoms with Gasteiger partial charge in [0.2, 0.25) is 0 Å². The largest absolute Gasteiger partial charge is 0.371 e. The molecule has 1 aromatic carbocycles. The molecule has 0 bridgehead atoms. The molecule has 1 fully saturated rings. The van der Waals surface area contributed by atoms with Gasteiger partial charge < -0.3 is 20.1 Å². The molecule has 5 nitrogen and oxygen atoms in total. The molecular weight excluding hydrogens is 312 g/mol. The van der Waals surface area contributed by atoms with Crippen molar-refractivity contribution in [2.75, 3.05) is 31.1 Å². The van der Waals surface area contributed by atoms with E-state index in [0.29, 0.717) is 5.92 Å². The molecule has 1 aromatic heterocycles. The van der Waals surface area contributed by atoms with Crippen LogP contribution in [0.3, 0.4) is 0 Å². The predicted molar refractivity (Wildman–Crippen MR) is 99.9 cm³/mol. The fraction of sp³-hybridized carbons (Fsp3) is 0.450. The summed E-state index contributed by atoms with van der Waals surface area (Å²) in [6, 6.07) is 12.6. The lowest BCUT2D eigenvalue weighted by Gasteiger charge is -2.18. The third-order valence-electron chi connectivity index (χ3n) is 5.49. The molecule has 2 aromatic rings. The lowest BCUT2D eigenvalue weighted by Crippen LogP contribution is -2.32. The summed E-state index contributed by atoms with van der Waals surface area (Å²) in [6.45, 7) is 4.68. The highest BCUT2D eigenvalue weighted by Gasteiger charge is 2.24. The van der Waals surface area contributed by atoms with E-state index < -0.39 is 0 Å². The van der Waals surface area contributed by atoms with Gasteiger partial charge in [0, 0.05) is 57.6 Å². The van der Waals surface area contributed by atoms with Gasteiger partial charge in [-0.25, -0.2) is 0 Å². The van der Waals surface area contributed by atoms with Crippen molar-refractivity contribution >= 4 is 11.6 Å². The molecule has 1 atom stereocenters. The summed E-state index contributed by atoms with van der Waals surface area (Å²) in [6.07, 6.45) is 2.12. The number of para-hydroxylation sites is 1. The number of carbonyl (C=O) groups is 1. The highest BCUT2D eigenvalue weighted by molar-refractivity contribution is 5.93. The molecule has 1 saturated heterocycles. The van der Waals surface area contributed by atoms with Gasteiger partial charge in [-0.1, -0.05) is 18.2 Å². The maximum atomic E-state index is 12.6. The van der Waals surface area contributed by atoms with E-state index in [1.165, 1.54) is 16.9 Å². The standard InChI is InChI=1S/C20H26N4O/c1-23-18-7-9-21-13-16(18)11-19(23)20(25)22-12-15-8-10-24(14-15)17-5-3-2-4-6-17/h2-6,11,15,21H,7-10,12-14H2,1H3,(H,22,25). The Labute approximate surface area is 149 Å². The molecule has 0 aliphatic carbocycles. The lowest BCUT2D eigenvalue weighted by molar-refractivity contribution is 0.0940. The van der Waals surface area contributed by atoms with Crippen molar-refractivity contribution < 1.29 is 4.79 Å². The molecule has 0 radical (unpaired) electrons. The zero-order valence-electron chi connectivity index (χ0n) is 14.8. The van der Waals surface area contributed by atoms with Crippen LogP contribution in [0.15, 0.2) is 36.4 Å². The number of carbonyl (C=O) groups excluding carboxylic acids is 1. The van der Waals surface area contributed by atoms with Gasteiger partial charge in [0.1, 0.15) is 5.69 Å². The molecule has 4 rings (SSSR count). The smallest absolute Gasteiger partial charge is 0.267 e. The van der Waals surface area contributed by atoms with E-state index in [2.05, 4.69) is 44.4 Å². The van der Waals surface area contributed by atoms with Crippen molar-refractivity contribution in [2.24, 2.45) is 13.0 Å². The minimum atomic E-state index is 0.0510. The second-order valence-electron chi connectivity index (χ2n) is 7.13. The first-order chi connectivity index (χ1) is 12.2. The summed E-state index contributed by atoms with van der Waals surface area (Å²) in [7, 11) is 2.01. The molecule has 3 heterocycles. The quantitative estimate of drug-likeness (QED) is 0.896. The highest BCUT2D eigenvalue weighted by atomic mass is 16.1. The number of rotatable bonds is 4. The molecule has 132 valence electrons. The molecule has 0 saturated carbocycles. The number of benzene rings is 1. The van der Waals surface area contributed by atoms with E-state index in [9.17, 15) is 4.79 Å². The number of hydrogen-bond acceptors (Lipinski definition) is 3. The van der Waals surface area contributed by atoms with Gasteiger partial charge >= 0.3 is 0 Å². The van der Waals surface area contributed by atoms with Gasteiger partial charge in [-0.15, -0.1) is 0 Å². The summed E-state index contributed by atoms with van der Waals surface area (Å²) in [5, 5.41) is 6.52. The van der Waals surface area contributed by atoms with Crippen LogP contribution in [-0.2, 0) is 20.0 Å². The Morgan fingerprint density at radius 3 is 2.96 bits per heavy atom. The molecular formula is C20H26N4O. The minimum Gasteiger partial charge on any atom is -0.371 e. The number of anilines is 1. The Kier molecular flexibility index (Phi) is 4.49. The Morgan fingerprint density at radius 1 is 1.32 bits per heavy atom. The SMILES string of the molecule is Cn1c(C(=O)NCC2CCN(c3ccccc3)C2)cc2c1CCNC2. The molecule has 5 heteroatoms. The maximum Gasteiger partial charge on any atom is 0.267 e. The van der Waals surface area contributed by atoms with E-state index >= 15 is 0 Å². The van der Waals surface area contributed by atoms with Crippen LogP contribution >= 0.6 is 0 Å². The minimum absolute atomic E-state index is 0.0510. The summed E-state index contributed by atoms with van der Waals surface area (Å²) >= 11 is 0. The molecule has 1 unspecified atom stereocenters. The number of nitrogens with zero attached hydrogens (tertiary/aromatic N) is 2.